The summed E-state index contributed by atoms with van der Waals surface area (Å²) in [5, 5.41) is 13.3. The lowest BCUT2D eigenvalue weighted by Gasteiger charge is -2.25. The molecular weight excluding hydrogens is 258 g/mol. The maximum absolute atomic E-state index is 9.72. The van der Waals surface area contributed by atoms with Gasteiger partial charge in [-0.15, -0.1) is 6.58 Å². The molecule has 0 saturated heterocycles. The fraction of sp³-hybridized carbons (Fsp3) is 0.263. The largest absolute Gasteiger partial charge is 0.394 e. The molecule has 2 heteroatoms. The van der Waals surface area contributed by atoms with E-state index in [1.165, 1.54) is 5.56 Å². The third-order valence-electron chi connectivity index (χ3n) is 3.65. The van der Waals surface area contributed by atoms with Gasteiger partial charge in [-0.1, -0.05) is 66.7 Å². The Balaban J connectivity index is 2.15. The maximum Gasteiger partial charge on any atom is 0.0626 e. The first-order chi connectivity index (χ1) is 10.3. The Labute approximate surface area is 127 Å². The summed E-state index contributed by atoms with van der Waals surface area (Å²) in [7, 11) is 0. The smallest absolute Gasteiger partial charge is 0.0626 e. The van der Waals surface area contributed by atoms with E-state index in [9.17, 15) is 5.11 Å². The van der Waals surface area contributed by atoms with E-state index in [4.69, 9.17) is 0 Å². The minimum absolute atomic E-state index is 0.0544. The SMILES string of the molecule is C=CCC[C@@H](N[C@@H](CO)c1ccccc1)c1ccccc1. The maximum atomic E-state index is 9.72. The lowest BCUT2D eigenvalue weighted by Crippen LogP contribution is -2.29. The summed E-state index contributed by atoms with van der Waals surface area (Å²) in [5.74, 6) is 0. The zero-order valence-corrected chi connectivity index (χ0v) is 12.3. The van der Waals surface area contributed by atoms with Crippen LogP contribution in [0.4, 0.5) is 0 Å². The normalized spacial score (nSPS) is 13.6. The van der Waals surface area contributed by atoms with Gasteiger partial charge in [-0.3, -0.25) is 0 Å². The van der Waals surface area contributed by atoms with Crippen molar-refractivity contribution in [2.45, 2.75) is 24.9 Å². The molecule has 2 aromatic rings. The van der Waals surface area contributed by atoms with Crippen LogP contribution in [0.3, 0.4) is 0 Å². The topological polar surface area (TPSA) is 32.3 Å². The van der Waals surface area contributed by atoms with E-state index >= 15 is 0 Å². The zero-order valence-electron chi connectivity index (χ0n) is 12.3. The third kappa shape index (κ3) is 4.55. The van der Waals surface area contributed by atoms with E-state index in [2.05, 4.69) is 24.0 Å². The van der Waals surface area contributed by atoms with E-state index in [0.29, 0.717) is 0 Å². The Morgan fingerprint density at radius 3 is 1.90 bits per heavy atom. The highest BCUT2D eigenvalue weighted by Crippen LogP contribution is 2.23. The van der Waals surface area contributed by atoms with Crippen LogP contribution in [0.1, 0.15) is 36.1 Å². The van der Waals surface area contributed by atoms with Crippen molar-refractivity contribution in [1.29, 1.82) is 0 Å². The second-order valence-electron chi connectivity index (χ2n) is 5.14. The van der Waals surface area contributed by atoms with Crippen LogP contribution in [-0.2, 0) is 0 Å². The van der Waals surface area contributed by atoms with Gasteiger partial charge in [-0.2, -0.15) is 0 Å². The van der Waals surface area contributed by atoms with E-state index in [1.54, 1.807) is 0 Å². The van der Waals surface area contributed by atoms with E-state index in [0.717, 1.165) is 18.4 Å². The summed E-state index contributed by atoms with van der Waals surface area (Å²) in [6, 6.07) is 20.6. The monoisotopic (exact) mass is 281 g/mol. The van der Waals surface area contributed by atoms with Gasteiger partial charge >= 0.3 is 0 Å². The fourth-order valence-electron chi connectivity index (χ4n) is 2.50. The van der Waals surface area contributed by atoms with Crippen molar-refractivity contribution >= 4 is 0 Å². The first-order valence-electron chi connectivity index (χ1n) is 7.43. The molecule has 0 aliphatic carbocycles. The molecule has 2 nitrogen and oxygen atoms in total. The Hall–Kier alpha value is -1.90. The number of rotatable bonds is 8. The van der Waals surface area contributed by atoms with Gasteiger partial charge in [-0.25, -0.2) is 0 Å². The standard InChI is InChI=1S/C19H23NO/c1-2-3-14-18(16-10-6-4-7-11-16)20-19(15-21)17-12-8-5-9-13-17/h2,4-13,18-21H,1,3,14-15H2/t18-,19+/m1/s1. The summed E-state index contributed by atoms with van der Waals surface area (Å²) in [6.45, 7) is 3.89. The molecule has 21 heavy (non-hydrogen) atoms. The second kappa shape index (κ2) is 8.40. The molecule has 0 saturated carbocycles. The van der Waals surface area contributed by atoms with Crippen molar-refractivity contribution in [2.75, 3.05) is 6.61 Å². The zero-order chi connectivity index (χ0) is 14.9. The summed E-state index contributed by atoms with van der Waals surface area (Å²) in [5.41, 5.74) is 2.35. The predicted molar refractivity (Wildman–Crippen MR) is 88.0 cm³/mol. The molecule has 0 unspecified atom stereocenters. The van der Waals surface area contributed by atoms with Gasteiger partial charge in [0, 0.05) is 6.04 Å². The number of nitrogens with one attached hydrogen (secondary N) is 1. The Morgan fingerprint density at radius 1 is 0.905 bits per heavy atom. The molecule has 0 radical (unpaired) electrons. The van der Waals surface area contributed by atoms with Crippen molar-refractivity contribution in [2.24, 2.45) is 0 Å². The lowest BCUT2D eigenvalue weighted by atomic mass is 9.99. The third-order valence-corrected chi connectivity index (χ3v) is 3.65. The number of benzene rings is 2. The molecule has 0 amide bonds. The fourth-order valence-corrected chi connectivity index (χ4v) is 2.50. The van der Waals surface area contributed by atoms with Gasteiger partial charge in [0.1, 0.15) is 0 Å². The number of aliphatic hydroxyl groups excluding tert-OH is 1. The Bertz CT molecular complexity index is 524. The molecule has 0 fully saturated rings. The van der Waals surface area contributed by atoms with Gasteiger partial charge in [0.05, 0.1) is 12.6 Å². The van der Waals surface area contributed by atoms with E-state index in [1.807, 2.05) is 54.6 Å². The summed E-state index contributed by atoms with van der Waals surface area (Å²) in [6.07, 6.45) is 3.85. The number of hydrogen-bond acceptors (Lipinski definition) is 2. The molecule has 0 aliphatic heterocycles. The highest BCUT2D eigenvalue weighted by atomic mass is 16.3. The molecule has 0 bridgehead atoms. The number of allylic oxidation sites excluding steroid dienone is 1. The second-order valence-corrected chi connectivity index (χ2v) is 5.14. The highest BCUT2D eigenvalue weighted by molar-refractivity contribution is 5.22. The van der Waals surface area contributed by atoms with Gasteiger partial charge < -0.3 is 10.4 Å². The van der Waals surface area contributed by atoms with Crippen LogP contribution in [0, 0.1) is 0 Å². The van der Waals surface area contributed by atoms with E-state index in [-0.39, 0.29) is 18.7 Å². The van der Waals surface area contributed by atoms with Gasteiger partial charge in [0.2, 0.25) is 0 Å². The molecule has 110 valence electrons. The van der Waals surface area contributed by atoms with Crippen molar-refractivity contribution < 1.29 is 5.11 Å². The van der Waals surface area contributed by atoms with E-state index < -0.39 is 0 Å². The molecule has 0 aliphatic rings. The van der Waals surface area contributed by atoms with Crippen molar-refractivity contribution in [3.8, 4) is 0 Å². The lowest BCUT2D eigenvalue weighted by molar-refractivity contribution is 0.231. The quantitative estimate of drug-likeness (QED) is 0.716. The van der Waals surface area contributed by atoms with Crippen LogP contribution in [0.15, 0.2) is 73.3 Å². The molecule has 0 heterocycles. The van der Waals surface area contributed by atoms with Crippen LogP contribution in [0.25, 0.3) is 0 Å². The first-order valence-corrected chi connectivity index (χ1v) is 7.43. The highest BCUT2D eigenvalue weighted by Gasteiger charge is 2.17. The minimum Gasteiger partial charge on any atom is -0.394 e. The molecule has 2 rings (SSSR count). The molecule has 2 aromatic carbocycles. The number of hydrogen-bond donors (Lipinski definition) is 2. The van der Waals surface area contributed by atoms with Crippen LogP contribution >= 0.6 is 0 Å². The first kappa shape index (κ1) is 15.5. The van der Waals surface area contributed by atoms with Crippen LogP contribution < -0.4 is 5.32 Å². The number of aliphatic hydroxyl groups is 1. The average molecular weight is 281 g/mol. The minimum atomic E-state index is -0.0544. The van der Waals surface area contributed by atoms with Crippen LogP contribution in [-0.4, -0.2) is 11.7 Å². The molecule has 2 atom stereocenters. The van der Waals surface area contributed by atoms with Crippen LogP contribution in [0.5, 0.6) is 0 Å². The van der Waals surface area contributed by atoms with Gasteiger partial charge in [-0.05, 0) is 24.0 Å². The molecule has 2 N–H and O–H groups in total. The van der Waals surface area contributed by atoms with Gasteiger partial charge in [0.25, 0.3) is 0 Å². The van der Waals surface area contributed by atoms with Crippen molar-refractivity contribution in [3.05, 3.63) is 84.4 Å². The van der Waals surface area contributed by atoms with Gasteiger partial charge in [0.15, 0.2) is 0 Å². The molecule has 0 spiro atoms. The summed E-state index contributed by atoms with van der Waals surface area (Å²) < 4.78 is 0. The van der Waals surface area contributed by atoms with Crippen molar-refractivity contribution in [3.63, 3.8) is 0 Å². The van der Waals surface area contributed by atoms with Crippen molar-refractivity contribution in [1.82, 2.24) is 5.32 Å². The summed E-state index contributed by atoms with van der Waals surface area (Å²) in [4.78, 5) is 0. The molecule has 0 aromatic heterocycles. The Morgan fingerprint density at radius 2 is 1.43 bits per heavy atom. The van der Waals surface area contributed by atoms with Crippen LogP contribution in [0.2, 0.25) is 0 Å². The average Bonchev–Trinajstić information content (AvgIpc) is 2.57. The molecular formula is C19H23NO. The summed E-state index contributed by atoms with van der Waals surface area (Å²) >= 11 is 0. The Kier molecular flexibility index (Phi) is 6.20. The predicted octanol–water partition coefficient (Wildman–Crippen LogP) is 4.02.